The molecule has 1 heterocycles. The number of aliphatic hydroxyl groups excluding tert-OH is 1. The lowest BCUT2D eigenvalue weighted by Crippen LogP contribution is -2.18. The number of hydrogen-bond donors (Lipinski definition) is 5. The van der Waals surface area contributed by atoms with Crippen LogP contribution in [0.25, 0.3) is 0 Å². The van der Waals surface area contributed by atoms with Gasteiger partial charge in [0, 0.05) is 17.8 Å². The van der Waals surface area contributed by atoms with Crippen molar-refractivity contribution in [3.8, 4) is 11.5 Å². The van der Waals surface area contributed by atoms with Gasteiger partial charge >= 0.3 is 5.97 Å². The van der Waals surface area contributed by atoms with Crippen molar-refractivity contribution in [2.24, 2.45) is 10.9 Å². The Labute approximate surface area is 250 Å². The van der Waals surface area contributed by atoms with Crippen LogP contribution in [0.1, 0.15) is 53.5 Å². The first kappa shape index (κ1) is 33.7. The van der Waals surface area contributed by atoms with Gasteiger partial charge in [0.1, 0.15) is 5.69 Å². The number of nitrogens with one attached hydrogen (secondary N) is 2. The number of anilines is 2. The second-order valence-corrected chi connectivity index (χ2v) is 9.27. The third-order valence-electron chi connectivity index (χ3n) is 5.66. The molecule has 1 amide bonds. The quantitative estimate of drug-likeness (QED) is 0.0632. The highest BCUT2D eigenvalue weighted by molar-refractivity contribution is 6.08. The van der Waals surface area contributed by atoms with E-state index in [1.807, 2.05) is 26.8 Å². The van der Waals surface area contributed by atoms with E-state index in [9.17, 15) is 14.7 Å². The number of aryl methyl sites for hydroxylation is 1. The molecule has 226 valence electrons. The van der Waals surface area contributed by atoms with E-state index in [4.69, 9.17) is 25.2 Å². The maximum absolute atomic E-state index is 13.3. The zero-order chi connectivity index (χ0) is 29.9. The lowest BCUT2D eigenvalue weighted by molar-refractivity contribution is -0.145. The predicted molar refractivity (Wildman–Crippen MR) is 161 cm³/mol. The molecule has 0 bridgehead atoms. The lowest BCUT2D eigenvalue weighted by atomic mass is 10.1. The van der Waals surface area contributed by atoms with Crippen molar-refractivity contribution in [1.29, 1.82) is 0 Å². The first-order chi connectivity index (χ1) is 19.6. The molecule has 3 rings (SSSR count). The molecular formula is C29H36ClN5O7. The molecular weight excluding hydrogens is 566 g/mol. The molecule has 0 aliphatic carbocycles. The molecule has 3 aromatic rings. The van der Waals surface area contributed by atoms with Gasteiger partial charge in [-0.05, 0) is 69.7 Å². The summed E-state index contributed by atoms with van der Waals surface area (Å²) < 4.78 is 16.8. The summed E-state index contributed by atoms with van der Waals surface area (Å²) in [6.45, 7) is 7.13. The second kappa shape index (κ2) is 16.0. The van der Waals surface area contributed by atoms with E-state index in [0.29, 0.717) is 39.6 Å². The molecule has 0 atom stereocenters. The van der Waals surface area contributed by atoms with E-state index in [-0.39, 0.29) is 62.3 Å². The largest absolute Gasteiger partial charge is 0.487 e. The number of nitrogens with two attached hydrogens (primary N) is 1. The zero-order valence-corrected chi connectivity index (χ0v) is 24.7. The van der Waals surface area contributed by atoms with Gasteiger partial charge in [-0.15, -0.1) is 12.4 Å². The van der Waals surface area contributed by atoms with E-state index < -0.39 is 5.97 Å². The number of ether oxygens (including phenoxy) is 3. The van der Waals surface area contributed by atoms with Crippen LogP contribution in [0.4, 0.5) is 11.4 Å². The van der Waals surface area contributed by atoms with Crippen LogP contribution in [0.3, 0.4) is 0 Å². The highest BCUT2D eigenvalue weighted by Crippen LogP contribution is 2.35. The number of aromatic nitrogens is 1. The molecule has 1 aromatic heterocycles. The molecule has 0 radical (unpaired) electrons. The fourth-order valence-electron chi connectivity index (χ4n) is 3.84. The Kier molecular flexibility index (Phi) is 12.8. The monoisotopic (exact) mass is 601 g/mol. The fraction of sp³-hybridized carbons (Fsp3) is 0.310. The smallest absolute Gasteiger partial charge is 0.344 e. The standard InChI is InChI=1S/C29H35N5O7.ClH/c1-5-39-26(36)16-40-27-20(11-19(15-35)12-25(27)41-17(2)3)13-31-23-8-6-18(4)10-22(23)29(37)33-21-7-9-24(32-14-21)28(30)34-38;/h6-12,14,17,31,35,38H,5,13,15-16H2,1-4H3,(H2,30,34)(H,33,37);1H. The van der Waals surface area contributed by atoms with E-state index >= 15 is 0 Å². The topological polar surface area (TPSA) is 178 Å². The molecule has 0 fully saturated rings. The van der Waals surface area contributed by atoms with Crippen molar-refractivity contribution in [1.82, 2.24) is 4.98 Å². The number of aliphatic hydroxyl groups is 1. The van der Waals surface area contributed by atoms with E-state index in [0.717, 1.165) is 5.56 Å². The SMILES string of the molecule is CCOC(=O)COc1c(CNc2ccc(C)cc2C(=O)Nc2ccc(C(N)=NO)nc2)cc(CO)cc1OC(C)C.Cl. The Morgan fingerprint density at radius 2 is 1.90 bits per heavy atom. The van der Waals surface area contributed by atoms with Crippen molar-refractivity contribution >= 4 is 41.5 Å². The number of carbonyl (C=O) groups is 2. The Bertz CT molecular complexity index is 1400. The van der Waals surface area contributed by atoms with Crippen LogP contribution in [-0.4, -0.2) is 52.3 Å². The highest BCUT2D eigenvalue weighted by atomic mass is 35.5. The van der Waals surface area contributed by atoms with Gasteiger partial charge in [-0.25, -0.2) is 4.79 Å². The first-order valence-corrected chi connectivity index (χ1v) is 13.0. The molecule has 6 N–H and O–H groups in total. The van der Waals surface area contributed by atoms with Crippen molar-refractivity contribution in [2.45, 2.75) is 47.0 Å². The highest BCUT2D eigenvalue weighted by Gasteiger charge is 2.19. The third-order valence-corrected chi connectivity index (χ3v) is 5.66. The van der Waals surface area contributed by atoms with Gasteiger partial charge in [0.2, 0.25) is 0 Å². The molecule has 0 aliphatic heterocycles. The predicted octanol–water partition coefficient (Wildman–Crippen LogP) is 3.99. The average Bonchev–Trinajstić information content (AvgIpc) is 2.95. The summed E-state index contributed by atoms with van der Waals surface area (Å²) in [5, 5.41) is 27.7. The Morgan fingerprint density at radius 3 is 2.52 bits per heavy atom. The van der Waals surface area contributed by atoms with E-state index in [1.165, 1.54) is 12.3 Å². The number of amides is 1. The number of rotatable bonds is 13. The normalized spacial score (nSPS) is 11.0. The third kappa shape index (κ3) is 9.25. The zero-order valence-electron chi connectivity index (χ0n) is 23.8. The fourth-order valence-corrected chi connectivity index (χ4v) is 3.84. The maximum atomic E-state index is 13.3. The minimum absolute atomic E-state index is 0. The van der Waals surface area contributed by atoms with Gasteiger partial charge in [-0.3, -0.25) is 9.78 Å². The summed E-state index contributed by atoms with van der Waals surface area (Å²) >= 11 is 0. The summed E-state index contributed by atoms with van der Waals surface area (Å²) in [6.07, 6.45) is 1.20. The Morgan fingerprint density at radius 1 is 1.14 bits per heavy atom. The number of amidine groups is 1. The molecule has 0 aliphatic rings. The van der Waals surface area contributed by atoms with Gasteiger partial charge < -0.3 is 40.9 Å². The van der Waals surface area contributed by atoms with E-state index in [1.54, 1.807) is 37.3 Å². The number of oxime groups is 1. The number of carbonyl (C=O) groups excluding carboxylic acids is 2. The summed E-state index contributed by atoms with van der Waals surface area (Å²) in [7, 11) is 0. The molecule has 0 saturated carbocycles. The summed E-state index contributed by atoms with van der Waals surface area (Å²) in [4.78, 5) is 29.4. The van der Waals surface area contributed by atoms with Gasteiger partial charge in [0.05, 0.1) is 36.8 Å². The van der Waals surface area contributed by atoms with Crippen LogP contribution in [0.15, 0.2) is 53.8 Å². The molecule has 0 unspecified atom stereocenters. The van der Waals surface area contributed by atoms with Crippen LogP contribution < -0.4 is 25.8 Å². The van der Waals surface area contributed by atoms with Gasteiger partial charge in [0.25, 0.3) is 5.91 Å². The molecule has 0 saturated heterocycles. The van der Waals surface area contributed by atoms with Crippen LogP contribution in [-0.2, 0) is 22.7 Å². The number of nitrogens with zero attached hydrogens (tertiary/aromatic N) is 2. The number of benzene rings is 2. The van der Waals surface area contributed by atoms with Crippen LogP contribution in [0.2, 0.25) is 0 Å². The van der Waals surface area contributed by atoms with Crippen molar-refractivity contribution in [3.05, 3.63) is 76.6 Å². The Hall–Kier alpha value is -4.55. The van der Waals surface area contributed by atoms with Gasteiger partial charge in [0.15, 0.2) is 23.9 Å². The second-order valence-electron chi connectivity index (χ2n) is 9.27. The molecule has 12 nitrogen and oxygen atoms in total. The van der Waals surface area contributed by atoms with Crippen LogP contribution in [0.5, 0.6) is 11.5 Å². The number of pyridine rings is 1. The molecule has 13 heteroatoms. The summed E-state index contributed by atoms with van der Waals surface area (Å²) in [6, 6.07) is 11.9. The first-order valence-electron chi connectivity index (χ1n) is 13.0. The average molecular weight is 602 g/mol. The summed E-state index contributed by atoms with van der Waals surface area (Å²) in [5.41, 5.74) is 9.19. The Balaban J connectivity index is 0.00000616. The summed E-state index contributed by atoms with van der Waals surface area (Å²) in [5.74, 6) is -0.365. The van der Waals surface area contributed by atoms with Crippen molar-refractivity contribution in [3.63, 3.8) is 0 Å². The number of hydrogen-bond acceptors (Lipinski definition) is 10. The van der Waals surface area contributed by atoms with Gasteiger partial charge in [-0.2, -0.15) is 0 Å². The van der Waals surface area contributed by atoms with Crippen LogP contribution >= 0.6 is 12.4 Å². The molecule has 2 aromatic carbocycles. The van der Waals surface area contributed by atoms with Crippen molar-refractivity contribution in [2.75, 3.05) is 23.8 Å². The maximum Gasteiger partial charge on any atom is 0.344 e. The molecule has 0 spiro atoms. The van der Waals surface area contributed by atoms with Gasteiger partial charge in [-0.1, -0.05) is 16.8 Å². The minimum atomic E-state index is -0.528. The number of esters is 1. The number of halogens is 1. The lowest BCUT2D eigenvalue weighted by Gasteiger charge is -2.20. The van der Waals surface area contributed by atoms with Crippen molar-refractivity contribution < 1.29 is 34.1 Å². The van der Waals surface area contributed by atoms with Crippen LogP contribution in [0, 0.1) is 6.92 Å². The minimum Gasteiger partial charge on any atom is -0.487 e. The van der Waals surface area contributed by atoms with E-state index in [2.05, 4.69) is 20.8 Å². The molecule has 42 heavy (non-hydrogen) atoms.